The normalized spacial score (nSPS) is 11.5. The van der Waals surface area contributed by atoms with E-state index in [4.69, 9.17) is 10.5 Å². The van der Waals surface area contributed by atoms with Gasteiger partial charge in [-0.3, -0.25) is 4.21 Å². The molecule has 1 rings (SSSR count). The molecule has 4 nitrogen and oxygen atoms in total. The summed E-state index contributed by atoms with van der Waals surface area (Å²) in [5.74, 6) is 0.476. The molecular formula is C7H8NNaO3S. The molecule has 0 spiro atoms. The molecule has 0 aliphatic carbocycles. The van der Waals surface area contributed by atoms with Gasteiger partial charge in [-0.2, -0.15) is 0 Å². The molecule has 0 saturated heterocycles. The molecule has 66 valence electrons. The van der Waals surface area contributed by atoms with Crippen molar-refractivity contribution in [2.75, 3.05) is 12.8 Å². The summed E-state index contributed by atoms with van der Waals surface area (Å²) in [6, 6.07) is 4.29. The van der Waals surface area contributed by atoms with Crippen LogP contribution < -0.4 is 40.0 Å². The van der Waals surface area contributed by atoms with Gasteiger partial charge in [0.2, 0.25) is 0 Å². The zero-order chi connectivity index (χ0) is 9.14. The van der Waals surface area contributed by atoms with Crippen molar-refractivity contribution in [3.05, 3.63) is 18.2 Å². The van der Waals surface area contributed by atoms with Gasteiger partial charge in [0.25, 0.3) is 0 Å². The molecule has 0 bridgehead atoms. The maximum Gasteiger partial charge on any atom is 1.00 e. The standard InChI is InChI=1S/C7H9NO3S.Na/c1-11-7-3-2-5(12(9)10)4-6(7)8;/h2-4H,8H2,1H3,(H,9,10);/q;+1/p-1. The Morgan fingerprint density at radius 1 is 1.54 bits per heavy atom. The maximum absolute atomic E-state index is 10.5. The fourth-order valence-electron chi connectivity index (χ4n) is 0.816. The molecule has 0 fully saturated rings. The first-order valence-corrected chi connectivity index (χ1v) is 4.25. The summed E-state index contributed by atoms with van der Waals surface area (Å²) in [6.45, 7) is 0. The van der Waals surface area contributed by atoms with E-state index in [1.165, 1.54) is 25.3 Å². The minimum Gasteiger partial charge on any atom is -0.768 e. The second-order valence-corrected chi connectivity index (χ2v) is 3.08. The first-order valence-electron chi connectivity index (χ1n) is 3.18. The maximum atomic E-state index is 10.5. The largest absolute Gasteiger partial charge is 1.00 e. The van der Waals surface area contributed by atoms with E-state index in [0.29, 0.717) is 11.4 Å². The molecule has 1 unspecified atom stereocenters. The summed E-state index contributed by atoms with van der Waals surface area (Å²) in [6.07, 6.45) is 0. The fourth-order valence-corrected chi connectivity index (χ4v) is 1.22. The Bertz CT molecular complexity index is 319. The van der Waals surface area contributed by atoms with Gasteiger partial charge in [-0.05, 0) is 29.3 Å². The molecule has 1 atom stereocenters. The van der Waals surface area contributed by atoms with E-state index in [9.17, 15) is 8.76 Å². The Kier molecular flexibility index (Phi) is 5.59. The molecule has 1 aromatic carbocycles. The van der Waals surface area contributed by atoms with Crippen LogP contribution in [0.5, 0.6) is 5.75 Å². The van der Waals surface area contributed by atoms with Gasteiger partial charge in [-0.25, -0.2) is 0 Å². The molecule has 0 aromatic heterocycles. The van der Waals surface area contributed by atoms with E-state index in [1.807, 2.05) is 0 Å². The number of methoxy groups -OCH3 is 1. The molecule has 1 aromatic rings. The average molecular weight is 209 g/mol. The van der Waals surface area contributed by atoms with Gasteiger partial charge in [0.1, 0.15) is 5.75 Å². The monoisotopic (exact) mass is 209 g/mol. The molecule has 0 saturated carbocycles. The van der Waals surface area contributed by atoms with E-state index >= 15 is 0 Å². The Hall–Kier alpha value is -0.0700. The Morgan fingerprint density at radius 2 is 2.15 bits per heavy atom. The van der Waals surface area contributed by atoms with Crippen LogP contribution in [0, 0.1) is 0 Å². The van der Waals surface area contributed by atoms with E-state index in [-0.39, 0.29) is 34.5 Å². The number of ether oxygens (including phenoxy) is 1. The minimum absolute atomic E-state index is 0. The second kappa shape index (κ2) is 5.62. The Labute approximate surface area is 101 Å². The predicted octanol–water partition coefficient (Wildman–Crippen LogP) is -2.48. The van der Waals surface area contributed by atoms with E-state index in [2.05, 4.69) is 0 Å². The number of anilines is 1. The van der Waals surface area contributed by atoms with Crippen LogP contribution in [-0.2, 0) is 11.1 Å². The van der Waals surface area contributed by atoms with Crippen LogP contribution in [0.2, 0.25) is 0 Å². The third-order valence-electron chi connectivity index (χ3n) is 1.39. The van der Waals surface area contributed by atoms with Crippen molar-refractivity contribution in [2.45, 2.75) is 4.90 Å². The van der Waals surface area contributed by atoms with Gasteiger partial charge < -0.3 is 15.0 Å². The van der Waals surface area contributed by atoms with Crippen LogP contribution in [0.1, 0.15) is 0 Å². The van der Waals surface area contributed by atoms with Crippen LogP contribution in [-0.4, -0.2) is 15.9 Å². The zero-order valence-electron chi connectivity index (χ0n) is 7.44. The van der Waals surface area contributed by atoms with Crippen molar-refractivity contribution in [1.29, 1.82) is 0 Å². The predicted molar refractivity (Wildman–Crippen MR) is 44.6 cm³/mol. The molecule has 0 heterocycles. The third-order valence-corrected chi connectivity index (χ3v) is 2.03. The summed E-state index contributed by atoms with van der Waals surface area (Å²) >= 11 is -2.24. The van der Waals surface area contributed by atoms with Crippen LogP contribution in [0.3, 0.4) is 0 Å². The molecule has 2 N–H and O–H groups in total. The topological polar surface area (TPSA) is 75.4 Å². The van der Waals surface area contributed by atoms with E-state index in [0.717, 1.165) is 0 Å². The average Bonchev–Trinajstić information content (AvgIpc) is 2.04. The van der Waals surface area contributed by atoms with Gasteiger partial charge in [-0.15, -0.1) is 0 Å². The second-order valence-electron chi connectivity index (χ2n) is 2.14. The van der Waals surface area contributed by atoms with Crippen molar-refractivity contribution in [3.63, 3.8) is 0 Å². The number of rotatable bonds is 2. The van der Waals surface area contributed by atoms with Gasteiger partial charge >= 0.3 is 29.6 Å². The van der Waals surface area contributed by atoms with Crippen LogP contribution in [0.4, 0.5) is 5.69 Å². The smallest absolute Gasteiger partial charge is 0.768 e. The van der Waals surface area contributed by atoms with Gasteiger partial charge in [0.15, 0.2) is 0 Å². The number of benzene rings is 1. The molecule has 13 heavy (non-hydrogen) atoms. The third kappa shape index (κ3) is 3.28. The quantitative estimate of drug-likeness (QED) is 0.332. The summed E-state index contributed by atoms with van der Waals surface area (Å²) in [5.41, 5.74) is 5.79. The Balaban J connectivity index is 0.00000144. The van der Waals surface area contributed by atoms with Crippen molar-refractivity contribution in [1.82, 2.24) is 0 Å². The molecule has 0 aliphatic rings. The van der Waals surface area contributed by atoms with E-state index < -0.39 is 11.1 Å². The SMILES string of the molecule is COc1ccc(S(=O)[O-])cc1N.[Na+]. The van der Waals surface area contributed by atoms with Crippen molar-refractivity contribution < 1.29 is 43.1 Å². The summed E-state index contributed by atoms with van der Waals surface area (Å²) in [7, 11) is 1.47. The zero-order valence-corrected chi connectivity index (χ0v) is 10.3. The summed E-state index contributed by atoms with van der Waals surface area (Å²) in [5, 5.41) is 0. The van der Waals surface area contributed by atoms with Crippen molar-refractivity contribution >= 4 is 16.8 Å². The summed E-state index contributed by atoms with van der Waals surface area (Å²) in [4.78, 5) is 0.160. The first-order chi connectivity index (χ1) is 5.65. The fraction of sp³-hybridized carbons (Fsp3) is 0.143. The van der Waals surface area contributed by atoms with Gasteiger partial charge in [0, 0.05) is 4.90 Å². The van der Waals surface area contributed by atoms with Gasteiger partial charge in [0.05, 0.1) is 12.8 Å². The molecule has 6 heteroatoms. The van der Waals surface area contributed by atoms with E-state index in [1.54, 1.807) is 0 Å². The molecule has 0 radical (unpaired) electrons. The number of hydrogen-bond donors (Lipinski definition) is 1. The molecule has 0 amide bonds. The van der Waals surface area contributed by atoms with Crippen molar-refractivity contribution in [2.24, 2.45) is 0 Å². The Morgan fingerprint density at radius 3 is 2.54 bits per heavy atom. The van der Waals surface area contributed by atoms with Gasteiger partial charge in [-0.1, -0.05) is 0 Å². The molecule has 0 aliphatic heterocycles. The number of nitrogen functional groups attached to an aromatic ring is 1. The molecular weight excluding hydrogens is 201 g/mol. The minimum atomic E-state index is -2.24. The summed E-state index contributed by atoms with van der Waals surface area (Å²) < 4.78 is 25.8. The van der Waals surface area contributed by atoms with Crippen LogP contribution >= 0.6 is 0 Å². The van der Waals surface area contributed by atoms with Crippen LogP contribution in [0.15, 0.2) is 23.1 Å². The number of hydrogen-bond acceptors (Lipinski definition) is 4. The van der Waals surface area contributed by atoms with Crippen molar-refractivity contribution in [3.8, 4) is 5.75 Å². The number of nitrogens with two attached hydrogens (primary N) is 1. The van der Waals surface area contributed by atoms with Crippen LogP contribution in [0.25, 0.3) is 0 Å². The first kappa shape index (κ1) is 12.9.